The van der Waals surface area contributed by atoms with Gasteiger partial charge in [0.05, 0.1) is 43.9 Å². The summed E-state index contributed by atoms with van der Waals surface area (Å²) in [6.45, 7) is 2.88. The summed E-state index contributed by atoms with van der Waals surface area (Å²) in [4.78, 5) is 4.31. The normalized spacial score (nSPS) is 14.5. The first-order valence-corrected chi connectivity index (χ1v) is 13.5. The van der Waals surface area contributed by atoms with E-state index in [2.05, 4.69) is 55.5 Å². The topological polar surface area (TPSA) is 126 Å². The van der Waals surface area contributed by atoms with Crippen molar-refractivity contribution in [2.75, 3.05) is 65.6 Å². The molecule has 1 unspecified atom stereocenters. The fourth-order valence-corrected chi connectivity index (χ4v) is 5.15. The average molecular weight is 561 g/mol. The van der Waals surface area contributed by atoms with Gasteiger partial charge in [-0.15, -0.1) is 0 Å². The predicted molar refractivity (Wildman–Crippen MR) is 167 cm³/mol. The van der Waals surface area contributed by atoms with E-state index in [9.17, 15) is 15.3 Å². The Morgan fingerprint density at radius 2 is 1.59 bits per heavy atom. The van der Waals surface area contributed by atoms with Crippen molar-refractivity contribution in [3.05, 3.63) is 79.4 Å². The Bertz CT molecular complexity index is 1400. The van der Waals surface area contributed by atoms with Gasteiger partial charge in [0.2, 0.25) is 6.33 Å². The minimum atomic E-state index is 0. The molecule has 7 N–H and O–H groups in total. The summed E-state index contributed by atoms with van der Waals surface area (Å²) in [6, 6.07) is 19.7. The van der Waals surface area contributed by atoms with Gasteiger partial charge < -0.3 is 41.5 Å². The van der Waals surface area contributed by atoms with Crippen molar-refractivity contribution in [3.8, 4) is 5.75 Å². The molecule has 0 bridgehead atoms. The molecule has 5 rings (SSSR count). The number of phenols is 1. The maximum absolute atomic E-state index is 10.6. The maximum Gasteiger partial charge on any atom is 0.243 e. The lowest BCUT2D eigenvalue weighted by molar-refractivity contribution is -0.671. The number of nitrogens with zero attached hydrogens (tertiary/aromatic N) is 4. The third kappa shape index (κ3) is 7.03. The molecule has 1 fully saturated rings. The van der Waals surface area contributed by atoms with Crippen LogP contribution in [0.2, 0.25) is 0 Å². The summed E-state index contributed by atoms with van der Waals surface area (Å²) in [5.41, 5.74) is 11.6. The van der Waals surface area contributed by atoms with Crippen molar-refractivity contribution in [2.24, 2.45) is 7.05 Å². The largest absolute Gasteiger partial charge is 0.506 e. The second-order valence-electron chi connectivity index (χ2n) is 10.1. The van der Waals surface area contributed by atoms with Crippen LogP contribution in [-0.2, 0) is 7.05 Å². The van der Waals surface area contributed by atoms with Crippen LogP contribution in [0.4, 0.5) is 39.8 Å². The van der Waals surface area contributed by atoms with E-state index in [4.69, 9.17) is 5.73 Å². The second kappa shape index (κ2) is 13.3. The van der Waals surface area contributed by atoms with Crippen molar-refractivity contribution < 1.29 is 19.9 Å². The molecule has 1 atom stereocenters. The van der Waals surface area contributed by atoms with Gasteiger partial charge in [-0.1, -0.05) is 7.43 Å². The third-order valence-corrected chi connectivity index (χ3v) is 7.31. The summed E-state index contributed by atoms with van der Waals surface area (Å²) < 4.78 is 4.35. The van der Waals surface area contributed by atoms with Crippen LogP contribution in [-0.4, -0.2) is 59.3 Å². The SMILES string of the molecule is C.C[n+]1ccn(C2CCN(c3ccc(Nc4cc(Nc5ccc(N(CCO)CCO)cc5)c(N)cc4O)cc3)C2)c1. The van der Waals surface area contributed by atoms with Gasteiger partial charge in [0, 0.05) is 54.9 Å². The molecular weight excluding hydrogens is 518 g/mol. The highest BCUT2D eigenvalue weighted by atomic mass is 16.3. The van der Waals surface area contributed by atoms with E-state index in [0.717, 1.165) is 36.6 Å². The van der Waals surface area contributed by atoms with Gasteiger partial charge in [0.15, 0.2) is 0 Å². The third-order valence-electron chi connectivity index (χ3n) is 7.31. The highest BCUT2D eigenvalue weighted by Gasteiger charge is 2.27. The van der Waals surface area contributed by atoms with Gasteiger partial charge >= 0.3 is 0 Å². The number of hydrogen-bond acceptors (Lipinski definition) is 8. The van der Waals surface area contributed by atoms with Gasteiger partial charge in [0.1, 0.15) is 24.2 Å². The standard InChI is InChI=1S/C30H37N7O3.CH4/c1-34-12-13-37(21-34)26-10-11-36(20-26)25-8-4-23(5-9-25)33-29-19-28(27(31)18-30(29)40)32-22-2-6-24(7-3-22)35(14-16-38)15-17-39;/h2-9,12-13,18-19,21,26,32-33,38-39H,10-11,14-17,20,31H2,1H3;1H4/p+1. The molecule has 10 heteroatoms. The molecule has 2 heterocycles. The average Bonchev–Trinajstić information content (AvgIpc) is 3.62. The van der Waals surface area contributed by atoms with Crippen molar-refractivity contribution in [1.82, 2.24) is 4.57 Å². The number of imidazole rings is 1. The number of aryl methyl sites for hydroxylation is 1. The number of nitrogens with two attached hydrogens (primary N) is 1. The van der Waals surface area contributed by atoms with Crippen LogP contribution < -0.4 is 30.7 Å². The van der Waals surface area contributed by atoms with E-state index in [1.165, 1.54) is 11.8 Å². The molecule has 0 spiro atoms. The molecule has 0 radical (unpaired) electrons. The number of aromatic hydroxyl groups is 1. The fraction of sp³-hybridized carbons (Fsp3) is 0.323. The van der Waals surface area contributed by atoms with E-state index in [-0.39, 0.29) is 26.4 Å². The zero-order chi connectivity index (χ0) is 28.1. The first-order chi connectivity index (χ1) is 19.4. The van der Waals surface area contributed by atoms with Crippen molar-refractivity contribution in [3.63, 3.8) is 0 Å². The Balaban J connectivity index is 0.00000387. The summed E-state index contributed by atoms with van der Waals surface area (Å²) >= 11 is 0. The van der Waals surface area contributed by atoms with Crippen LogP contribution in [0.1, 0.15) is 19.9 Å². The van der Waals surface area contributed by atoms with Crippen LogP contribution >= 0.6 is 0 Å². The van der Waals surface area contributed by atoms with Crippen LogP contribution in [0.5, 0.6) is 5.75 Å². The monoisotopic (exact) mass is 560 g/mol. The lowest BCUT2D eigenvalue weighted by Gasteiger charge is -2.23. The van der Waals surface area contributed by atoms with E-state index < -0.39 is 0 Å². The molecule has 41 heavy (non-hydrogen) atoms. The van der Waals surface area contributed by atoms with E-state index >= 15 is 0 Å². The van der Waals surface area contributed by atoms with Crippen molar-refractivity contribution in [1.29, 1.82) is 0 Å². The quantitative estimate of drug-likeness (QED) is 0.0705. The maximum atomic E-state index is 10.6. The van der Waals surface area contributed by atoms with Crippen LogP contribution in [0.25, 0.3) is 0 Å². The number of nitrogen functional groups attached to an aromatic ring is 1. The molecule has 3 aromatic carbocycles. The second-order valence-corrected chi connectivity index (χ2v) is 10.1. The summed E-state index contributed by atoms with van der Waals surface area (Å²) in [5, 5.41) is 35.8. The van der Waals surface area contributed by atoms with Crippen LogP contribution in [0.3, 0.4) is 0 Å². The summed E-state index contributed by atoms with van der Waals surface area (Å²) in [7, 11) is 2.04. The number of rotatable bonds is 11. The van der Waals surface area contributed by atoms with Gasteiger partial charge in [-0.2, -0.15) is 0 Å². The number of benzene rings is 3. The lowest BCUT2D eigenvalue weighted by atomic mass is 10.2. The molecular formula is C31H42N7O3+. The van der Waals surface area contributed by atoms with Gasteiger partial charge in [-0.05, 0) is 54.6 Å². The smallest absolute Gasteiger partial charge is 0.243 e. The number of anilines is 7. The number of hydrogen-bond donors (Lipinski definition) is 6. The highest BCUT2D eigenvalue weighted by molar-refractivity contribution is 5.82. The Kier molecular flexibility index (Phi) is 9.59. The zero-order valence-corrected chi connectivity index (χ0v) is 22.7. The Labute approximate surface area is 241 Å². The van der Waals surface area contributed by atoms with Gasteiger partial charge in [-0.3, -0.25) is 0 Å². The minimum Gasteiger partial charge on any atom is -0.506 e. The Morgan fingerprint density at radius 3 is 2.20 bits per heavy atom. The van der Waals surface area contributed by atoms with E-state index in [0.29, 0.717) is 36.2 Å². The van der Waals surface area contributed by atoms with Crippen molar-refractivity contribution >= 4 is 39.8 Å². The van der Waals surface area contributed by atoms with Crippen LogP contribution in [0, 0.1) is 0 Å². The highest BCUT2D eigenvalue weighted by Crippen LogP contribution is 2.36. The molecule has 0 aliphatic carbocycles. The summed E-state index contributed by atoms with van der Waals surface area (Å²) in [5.74, 6) is 0.0633. The summed E-state index contributed by atoms with van der Waals surface area (Å²) in [6.07, 6.45) is 7.44. The molecule has 10 nitrogen and oxygen atoms in total. The predicted octanol–water partition coefficient (Wildman–Crippen LogP) is 3.97. The Hall–Kier alpha value is -4.41. The number of aliphatic hydroxyl groups excluding tert-OH is 2. The van der Waals surface area contributed by atoms with Gasteiger partial charge in [-0.25, -0.2) is 9.13 Å². The minimum absolute atomic E-state index is 0. The fourth-order valence-electron chi connectivity index (χ4n) is 5.15. The number of phenolic OH excluding ortho intramolecular Hbond substituents is 1. The zero-order valence-electron chi connectivity index (χ0n) is 22.7. The lowest BCUT2D eigenvalue weighted by Crippen LogP contribution is -2.29. The number of nitrogens with one attached hydrogen (secondary N) is 2. The number of aromatic nitrogens is 2. The molecule has 1 saturated heterocycles. The molecule has 1 aromatic heterocycles. The molecule has 1 aliphatic heterocycles. The van der Waals surface area contributed by atoms with Crippen molar-refractivity contribution in [2.45, 2.75) is 19.9 Å². The molecule has 0 amide bonds. The van der Waals surface area contributed by atoms with E-state index in [1.807, 2.05) is 48.3 Å². The first kappa shape index (κ1) is 29.6. The van der Waals surface area contributed by atoms with Crippen LogP contribution in [0.15, 0.2) is 79.4 Å². The molecule has 218 valence electrons. The molecule has 4 aromatic rings. The van der Waals surface area contributed by atoms with Gasteiger partial charge in [0.25, 0.3) is 0 Å². The van der Waals surface area contributed by atoms with E-state index in [1.54, 1.807) is 6.07 Å². The Morgan fingerprint density at radius 1 is 0.951 bits per heavy atom. The molecule has 1 aliphatic rings. The molecule has 0 saturated carbocycles. The first-order valence-electron chi connectivity index (χ1n) is 13.5. The number of aliphatic hydroxyl groups is 2.